The van der Waals surface area contributed by atoms with Gasteiger partial charge in [-0.2, -0.15) is 0 Å². The van der Waals surface area contributed by atoms with Crippen molar-refractivity contribution in [2.75, 3.05) is 27.9 Å². The van der Waals surface area contributed by atoms with E-state index in [1.165, 1.54) is 21.3 Å². The SMILES string of the molecule is CCOC(=O)C(N)c1cc(OC)c(OC)c(OC)c1. The van der Waals surface area contributed by atoms with Gasteiger partial charge in [-0.25, -0.2) is 4.79 Å². The first-order chi connectivity index (χ1) is 9.08. The first-order valence-corrected chi connectivity index (χ1v) is 5.81. The molecule has 1 unspecified atom stereocenters. The molecule has 0 spiro atoms. The third-order valence-electron chi connectivity index (χ3n) is 2.59. The van der Waals surface area contributed by atoms with Crippen LogP contribution in [0.4, 0.5) is 0 Å². The maximum Gasteiger partial charge on any atom is 0.327 e. The summed E-state index contributed by atoms with van der Waals surface area (Å²) in [6.07, 6.45) is 0. The fraction of sp³-hybridized carbons (Fsp3) is 0.462. The molecule has 1 aromatic rings. The molecule has 6 nitrogen and oxygen atoms in total. The first kappa shape index (κ1) is 15.1. The van der Waals surface area contributed by atoms with Gasteiger partial charge >= 0.3 is 5.97 Å². The van der Waals surface area contributed by atoms with E-state index in [1.807, 2.05) is 0 Å². The highest BCUT2D eigenvalue weighted by molar-refractivity contribution is 5.78. The van der Waals surface area contributed by atoms with Gasteiger partial charge in [-0.1, -0.05) is 0 Å². The molecular weight excluding hydrogens is 250 g/mol. The molecule has 6 heteroatoms. The minimum Gasteiger partial charge on any atom is -0.493 e. The summed E-state index contributed by atoms with van der Waals surface area (Å²) in [6, 6.07) is 2.36. The van der Waals surface area contributed by atoms with Crippen LogP contribution in [0.5, 0.6) is 17.2 Å². The van der Waals surface area contributed by atoms with Gasteiger partial charge in [0.1, 0.15) is 6.04 Å². The van der Waals surface area contributed by atoms with Gasteiger partial charge in [0.2, 0.25) is 5.75 Å². The molecule has 106 valence electrons. The van der Waals surface area contributed by atoms with Crippen LogP contribution in [-0.4, -0.2) is 33.9 Å². The Morgan fingerprint density at radius 2 is 1.68 bits per heavy atom. The Morgan fingerprint density at radius 1 is 1.16 bits per heavy atom. The minimum atomic E-state index is -0.895. The molecule has 2 N–H and O–H groups in total. The fourth-order valence-corrected chi connectivity index (χ4v) is 1.65. The third kappa shape index (κ3) is 3.29. The monoisotopic (exact) mass is 269 g/mol. The van der Waals surface area contributed by atoms with Gasteiger partial charge in [-0.3, -0.25) is 0 Å². The van der Waals surface area contributed by atoms with Crippen LogP contribution in [0.2, 0.25) is 0 Å². The van der Waals surface area contributed by atoms with Gasteiger partial charge in [-0.15, -0.1) is 0 Å². The second-order valence-corrected chi connectivity index (χ2v) is 3.69. The van der Waals surface area contributed by atoms with Gasteiger partial charge < -0.3 is 24.7 Å². The van der Waals surface area contributed by atoms with E-state index < -0.39 is 12.0 Å². The highest BCUT2D eigenvalue weighted by atomic mass is 16.5. The van der Waals surface area contributed by atoms with E-state index >= 15 is 0 Å². The van der Waals surface area contributed by atoms with Crippen LogP contribution in [0.15, 0.2) is 12.1 Å². The zero-order chi connectivity index (χ0) is 14.4. The predicted octanol–water partition coefficient (Wildman–Crippen LogP) is 1.28. The molecule has 0 aliphatic rings. The molecule has 0 aromatic heterocycles. The predicted molar refractivity (Wildman–Crippen MR) is 69.7 cm³/mol. The summed E-state index contributed by atoms with van der Waals surface area (Å²) in [5.74, 6) is 0.828. The number of carbonyl (C=O) groups excluding carboxylic acids is 1. The number of rotatable bonds is 6. The number of hydrogen-bond donors (Lipinski definition) is 1. The molecule has 1 atom stereocenters. The van der Waals surface area contributed by atoms with Crippen molar-refractivity contribution in [3.63, 3.8) is 0 Å². The summed E-state index contributed by atoms with van der Waals surface area (Å²) >= 11 is 0. The lowest BCUT2D eigenvalue weighted by Gasteiger charge is -2.16. The topological polar surface area (TPSA) is 80.0 Å². The molecule has 0 aliphatic heterocycles. The van der Waals surface area contributed by atoms with Gasteiger partial charge in [0.25, 0.3) is 0 Å². The van der Waals surface area contributed by atoms with Crippen molar-refractivity contribution in [3.8, 4) is 17.2 Å². The van der Waals surface area contributed by atoms with E-state index in [4.69, 9.17) is 24.7 Å². The van der Waals surface area contributed by atoms with Crippen molar-refractivity contribution >= 4 is 5.97 Å². The van der Waals surface area contributed by atoms with E-state index in [9.17, 15) is 4.79 Å². The Kier molecular flexibility index (Phi) is 5.44. The molecule has 0 bridgehead atoms. The molecule has 19 heavy (non-hydrogen) atoms. The van der Waals surface area contributed by atoms with Gasteiger partial charge in [0, 0.05) is 0 Å². The standard InChI is InChI=1S/C13H19NO5/c1-5-19-13(15)11(14)8-6-9(16-2)12(18-4)10(7-8)17-3/h6-7,11H,5,14H2,1-4H3. The summed E-state index contributed by atoms with van der Waals surface area (Å²) in [7, 11) is 4.50. The summed E-state index contributed by atoms with van der Waals surface area (Å²) < 4.78 is 20.5. The molecule has 0 fully saturated rings. The quantitative estimate of drug-likeness (QED) is 0.783. The number of methoxy groups -OCH3 is 3. The van der Waals surface area contributed by atoms with Crippen molar-refractivity contribution in [2.24, 2.45) is 5.73 Å². The number of benzene rings is 1. The van der Waals surface area contributed by atoms with Gasteiger partial charge in [0.05, 0.1) is 27.9 Å². The molecule has 0 heterocycles. The van der Waals surface area contributed by atoms with E-state index in [2.05, 4.69) is 0 Å². The molecule has 0 saturated carbocycles. The molecule has 1 rings (SSSR count). The number of esters is 1. The smallest absolute Gasteiger partial charge is 0.327 e. The summed E-state index contributed by atoms with van der Waals surface area (Å²) in [6.45, 7) is 2.00. The molecule has 0 aliphatic carbocycles. The molecule has 0 radical (unpaired) electrons. The van der Waals surface area contributed by atoms with E-state index in [0.29, 0.717) is 22.8 Å². The maximum atomic E-state index is 11.6. The van der Waals surface area contributed by atoms with Crippen molar-refractivity contribution < 1.29 is 23.7 Å². The van der Waals surface area contributed by atoms with Crippen molar-refractivity contribution in [3.05, 3.63) is 17.7 Å². The molecule has 0 amide bonds. The molecule has 0 saturated heterocycles. The van der Waals surface area contributed by atoms with Crippen LogP contribution in [0, 0.1) is 0 Å². The van der Waals surface area contributed by atoms with Crippen LogP contribution in [0.25, 0.3) is 0 Å². The molecular formula is C13H19NO5. The highest BCUT2D eigenvalue weighted by Crippen LogP contribution is 2.39. The largest absolute Gasteiger partial charge is 0.493 e. The maximum absolute atomic E-state index is 11.6. The second-order valence-electron chi connectivity index (χ2n) is 3.69. The highest BCUT2D eigenvalue weighted by Gasteiger charge is 2.21. The number of hydrogen-bond acceptors (Lipinski definition) is 6. The van der Waals surface area contributed by atoms with E-state index in [-0.39, 0.29) is 6.61 Å². The second kappa shape index (κ2) is 6.84. The Morgan fingerprint density at radius 3 is 2.05 bits per heavy atom. The Hall–Kier alpha value is -1.95. The normalized spacial score (nSPS) is 11.6. The molecule has 1 aromatic carbocycles. The number of nitrogens with two attached hydrogens (primary N) is 1. The zero-order valence-corrected chi connectivity index (χ0v) is 11.6. The minimum absolute atomic E-state index is 0.275. The Bertz CT molecular complexity index is 422. The average molecular weight is 269 g/mol. The van der Waals surface area contributed by atoms with Crippen LogP contribution in [-0.2, 0) is 9.53 Å². The zero-order valence-electron chi connectivity index (χ0n) is 11.6. The van der Waals surface area contributed by atoms with Crippen LogP contribution < -0.4 is 19.9 Å². The Labute approximate surface area is 112 Å². The Balaban J connectivity index is 3.18. The first-order valence-electron chi connectivity index (χ1n) is 5.81. The van der Waals surface area contributed by atoms with Crippen LogP contribution in [0.3, 0.4) is 0 Å². The van der Waals surface area contributed by atoms with Crippen molar-refractivity contribution in [2.45, 2.75) is 13.0 Å². The fourth-order valence-electron chi connectivity index (χ4n) is 1.65. The van der Waals surface area contributed by atoms with Gasteiger partial charge in [0.15, 0.2) is 11.5 Å². The van der Waals surface area contributed by atoms with Crippen molar-refractivity contribution in [1.29, 1.82) is 0 Å². The lowest BCUT2D eigenvalue weighted by Crippen LogP contribution is -2.23. The summed E-state index contributed by atoms with van der Waals surface area (Å²) in [5, 5.41) is 0. The third-order valence-corrected chi connectivity index (χ3v) is 2.59. The number of ether oxygens (including phenoxy) is 4. The number of carbonyl (C=O) groups is 1. The van der Waals surface area contributed by atoms with Crippen LogP contribution in [0.1, 0.15) is 18.5 Å². The van der Waals surface area contributed by atoms with Gasteiger partial charge in [-0.05, 0) is 24.6 Å². The summed E-state index contributed by atoms with van der Waals surface area (Å²) in [5.41, 5.74) is 6.37. The van der Waals surface area contributed by atoms with E-state index in [1.54, 1.807) is 19.1 Å². The lowest BCUT2D eigenvalue weighted by atomic mass is 10.1. The summed E-state index contributed by atoms with van der Waals surface area (Å²) in [4.78, 5) is 11.6. The average Bonchev–Trinajstić information content (AvgIpc) is 2.44. The van der Waals surface area contributed by atoms with Crippen LogP contribution >= 0.6 is 0 Å². The van der Waals surface area contributed by atoms with E-state index in [0.717, 1.165) is 0 Å². The van der Waals surface area contributed by atoms with Crippen molar-refractivity contribution in [1.82, 2.24) is 0 Å². The lowest BCUT2D eigenvalue weighted by molar-refractivity contribution is -0.144.